The Kier molecular flexibility index (Phi) is 2.85. The largest absolute Gasteiger partial charge is 0.384 e. The van der Waals surface area contributed by atoms with E-state index in [4.69, 9.17) is 10.3 Å². The number of nitrogens with two attached hydrogens (primary N) is 1. The maximum atomic E-state index is 5.50. The van der Waals surface area contributed by atoms with Gasteiger partial charge in [-0.2, -0.15) is 4.98 Å². The lowest BCUT2D eigenvalue weighted by atomic mass is 10.1. The third kappa shape index (κ3) is 2.03. The molecule has 0 saturated heterocycles. The van der Waals surface area contributed by atoms with Crippen LogP contribution in [0.15, 0.2) is 22.9 Å². The predicted octanol–water partition coefficient (Wildman–Crippen LogP) is 2.23. The monoisotopic (exact) mass is 218 g/mol. The van der Waals surface area contributed by atoms with Gasteiger partial charge in [0, 0.05) is 12.1 Å². The molecule has 0 aliphatic rings. The highest BCUT2D eigenvalue weighted by Gasteiger charge is 2.13. The van der Waals surface area contributed by atoms with Crippen LogP contribution in [-0.2, 0) is 0 Å². The van der Waals surface area contributed by atoms with Gasteiger partial charge >= 0.3 is 0 Å². The van der Waals surface area contributed by atoms with E-state index < -0.39 is 0 Å². The predicted molar refractivity (Wildman–Crippen MR) is 60.6 cm³/mol. The number of nitrogen functional groups attached to an aromatic ring is 1. The van der Waals surface area contributed by atoms with Crippen LogP contribution >= 0.6 is 0 Å². The molecule has 5 heteroatoms. The second kappa shape index (κ2) is 4.30. The van der Waals surface area contributed by atoms with Crippen molar-refractivity contribution in [2.75, 3.05) is 5.73 Å². The second-order valence-corrected chi connectivity index (χ2v) is 3.74. The highest BCUT2D eigenvalue weighted by Crippen LogP contribution is 2.21. The summed E-state index contributed by atoms with van der Waals surface area (Å²) in [4.78, 5) is 8.30. The zero-order valence-electron chi connectivity index (χ0n) is 9.34. The summed E-state index contributed by atoms with van der Waals surface area (Å²) in [6, 6.07) is 3.53. The fourth-order valence-corrected chi connectivity index (χ4v) is 1.27. The van der Waals surface area contributed by atoms with Crippen LogP contribution in [0.25, 0.3) is 11.5 Å². The van der Waals surface area contributed by atoms with Crippen molar-refractivity contribution in [2.45, 2.75) is 26.2 Å². The van der Waals surface area contributed by atoms with Crippen molar-refractivity contribution in [2.24, 2.45) is 0 Å². The molecule has 5 nitrogen and oxygen atoms in total. The van der Waals surface area contributed by atoms with E-state index in [0.29, 0.717) is 17.6 Å². The average Bonchev–Trinajstić information content (AvgIpc) is 2.78. The van der Waals surface area contributed by atoms with Crippen molar-refractivity contribution in [3.8, 4) is 11.5 Å². The first-order valence-electron chi connectivity index (χ1n) is 5.26. The third-order valence-electron chi connectivity index (χ3n) is 2.53. The Bertz CT molecular complexity index is 463. The van der Waals surface area contributed by atoms with Gasteiger partial charge in [0.1, 0.15) is 5.82 Å². The van der Waals surface area contributed by atoms with Gasteiger partial charge in [-0.3, -0.25) is 0 Å². The maximum absolute atomic E-state index is 5.50. The van der Waals surface area contributed by atoms with Crippen LogP contribution in [0, 0.1) is 0 Å². The van der Waals surface area contributed by atoms with Crippen LogP contribution in [0.4, 0.5) is 5.82 Å². The fourth-order valence-electron chi connectivity index (χ4n) is 1.27. The topological polar surface area (TPSA) is 77.8 Å². The van der Waals surface area contributed by atoms with Crippen LogP contribution in [0.1, 0.15) is 32.0 Å². The molecule has 0 aliphatic carbocycles. The quantitative estimate of drug-likeness (QED) is 0.854. The van der Waals surface area contributed by atoms with Crippen molar-refractivity contribution in [1.29, 1.82) is 0 Å². The van der Waals surface area contributed by atoms with Crippen molar-refractivity contribution in [3.05, 3.63) is 24.2 Å². The molecule has 2 aromatic heterocycles. The highest BCUT2D eigenvalue weighted by atomic mass is 16.5. The molecule has 84 valence electrons. The Hall–Kier alpha value is -1.91. The summed E-state index contributed by atoms with van der Waals surface area (Å²) in [6.07, 6.45) is 2.61. The standard InChI is InChI=1S/C11H14N4O/c1-3-7(2)10-14-11(16-15-10)8-4-5-9(12)13-6-8/h4-7H,3H2,1-2H3,(H2,12,13). The van der Waals surface area contributed by atoms with Crippen LogP contribution < -0.4 is 5.73 Å². The Morgan fingerprint density at radius 1 is 1.44 bits per heavy atom. The van der Waals surface area contributed by atoms with Crippen LogP contribution in [-0.4, -0.2) is 15.1 Å². The molecule has 2 N–H and O–H groups in total. The summed E-state index contributed by atoms with van der Waals surface area (Å²) < 4.78 is 5.17. The van der Waals surface area contributed by atoms with Gasteiger partial charge in [0.15, 0.2) is 5.82 Å². The molecule has 2 aromatic rings. The molecule has 0 aromatic carbocycles. The number of aromatic nitrogens is 3. The van der Waals surface area contributed by atoms with Crippen molar-refractivity contribution in [3.63, 3.8) is 0 Å². The number of hydrogen-bond acceptors (Lipinski definition) is 5. The van der Waals surface area contributed by atoms with Gasteiger partial charge in [-0.1, -0.05) is 19.0 Å². The van der Waals surface area contributed by atoms with Crippen molar-refractivity contribution >= 4 is 5.82 Å². The summed E-state index contributed by atoms with van der Waals surface area (Å²) in [5.41, 5.74) is 6.29. The van der Waals surface area contributed by atoms with E-state index in [1.54, 1.807) is 12.3 Å². The molecular formula is C11H14N4O. The molecule has 0 amide bonds. The number of rotatable bonds is 3. The molecule has 0 fully saturated rings. The molecular weight excluding hydrogens is 204 g/mol. The number of nitrogens with zero attached hydrogens (tertiary/aromatic N) is 3. The lowest BCUT2D eigenvalue weighted by Gasteiger charge is -1.98. The molecule has 2 heterocycles. The van der Waals surface area contributed by atoms with E-state index in [1.165, 1.54) is 0 Å². The van der Waals surface area contributed by atoms with E-state index in [-0.39, 0.29) is 0 Å². The lowest BCUT2D eigenvalue weighted by Crippen LogP contribution is -1.93. The third-order valence-corrected chi connectivity index (χ3v) is 2.53. The van der Waals surface area contributed by atoms with Crippen LogP contribution in [0.2, 0.25) is 0 Å². The van der Waals surface area contributed by atoms with Crippen LogP contribution in [0.5, 0.6) is 0 Å². The van der Waals surface area contributed by atoms with E-state index >= 15 is 0 Å². The summed E-state index contributed by atoms with van der Waals surface area (Å²) in [7, 11) is 0. The smallest absolute Gasteiger partial charge is 0.259 e. The van der Waals surface area contributed by atoms with Gasteiger partial charge < -0.3 is 10.3 Å². The summed E-state index contributed by atoms with van der Waals surface area (Å²) >= 11 is 0. The zero-order valence-corrected chi connectivity index (χ0v) is 9.34. The minimum absolute atomic E-state index is 0.305. The van der Waals surface area contributed by atoms with Crippen molar-refractivity contribution < 1.29 is 4.52 Å². The summed E-state index contributed by atoms with van der Waals surface area (Å²) in [6.45, 7) is 4.15. The van der Waals surface area contributed by atoms with E-state index in [2.05, 4.69) is 29.0 Å². The first-order valence-corrected chi connectivity index (χ1v) is 5.26. The normalized spacial score (nSPS) is 12.6. The van der Waals surface area contributed by atoms with Gasteiger partial charge in [-0.25, -0.2) is 4.98 Å². The molecule has 0 bridgehead atoms. The first kappa shape index (κ1) is 10.6. The van der Waals surface area contributed by atoms with Crippen molar-refractivity contribution in [1.82, 2.24) is 15.1 Å². The Balaban J connectivity index is 2.28. The molecule has 1 unspecified atom stereocenters. The molecule has 0 spiro atoms. The molecule has 0 aliphatic heterocycles. The minimum atomic E-state index is 0.305. The Morgan fingerprint density at radius 3 is 2.88 bits per heavy atom. The van der Waals surface area contributed by atoms with Gasteiger partial charge in [-0.05, 0) is 18.6 Å². The average molecular weight is 218 g/mol. The van der Waals surface area contributed by atoms with Gasteiger partial charge in [0.05, 0.1) is 5.56 Å². The first-order chi connectivity index (χ1) is 7.70. The number of anilines is 1. The molecule has 0 radical (unpaired) electrons. The molecule has 2 rings (SSSR count). The maximum Gasteiger partial charge on any atom is 0.259 e. The van der Waals surface area contributed by atoms with Gasteiger partial charge in [-0.15, -0.1) is 0 Å². The summed E-state index contributed by atoms with van der Waals surface area (Å²) in [5.74, 6) is 2.00. The van der Waals surface area contributed by atoms with Crippen LogP contribution in [0.3, 0.4) is 0 Å². The number of hydrogen-bond donors (Lipinski definition) is 1. The minimum Gasteiger partial charge on any atom is -0.384 e. The van der Waals surface area contributed by atoms with Gasteiger partial charge in [0.25, 0.3) is 5.89 Å². The lowest BCUT2D eigenvalue weighted by molar-refractivity contribution is 0.416. The molecule has 16 heavy (non-hydrogen) atoms. The SMILES string of the molecule is CCC(C)c1noc(-c2ccc(N)nc2)n1. The van der Waals surface area contributed by atoms with E-state index in [9.17, 15) is 0 Å². The molecule has 0 saturated carbocycles. The Labute approximate surface area is 93.7 Å². The van der Waals surface area contributed by atoms with E-state index in [0.717, 1.165) is 17.8 Å². The fraction of sp³-hybridized carbons (Fsp3) is 0.364. The van der Waals surface area contributed by atoms with E-state index in [1.807, 2.05) is 6.07 Å². The second-order valence-electron chi connectivity index (χ2n) is 3.74. The highest BCUT2D eigenvalue weighted by molar-refractivity contribution is 5.53. The zero-order chi connectivity index (χ0) is 11.5. The summed E-state index contributed by atoms with van der Waals surface area (Å²) in [5, 5.41) is 3.94. The molecule has 1 atom stereocenters. The Morgan fingerprint density at radius 2 is 2.25 bits per heavy atom. The van der Waals surface area contributed by atoms with Gasteiger partial charge in [0.2, 0.25) is 0 Å². The number of pyridine rings is 1.